The molecule has 0 saturated carbocycles. The number of nitrogens with zero attached hydrogens (tertiary/aromatic N) is 2. The molecule has 24 heavy (non-hydrogen) atoms. The quantitative estimate of drug-likeness (QED) is 0.725. The van der Waals surface area contributed by atoms with Crippen molar-refractivity contribution in [3.8, 4) is 17.2 Å². The lowest BCUT2D eigenvalue weighted by molar-refractivity contribution is -0.895. The minimum Gasteiger partial charge on any atom is -0.497 e. The Kier molecular flexibility index (Phi) is 6.10. The third-order valence-electron chi connectivity index (χ3n) is 3.27. The Bertz CT molecular complexity index is 737. The highest BCUT2D eigenvalue weighted by Gasteiger charge is 2.14. The largest absolute Gasteiger partial charge is 0.497 e. The summed E-state index contributed by atoms with van der Waals surface area (Å²) < 4.78 is 12.3. The maximum atomic E-state index is 11.8. The molecule has 2 aromatic rings. The summed E-state index contributed by atoms with van der Waals surface area (Å²) in [4.78, 5) is 13.0. The number of carbonyl (C=O) groups excluding carboxylic acids is 1. The van der Waals surface area contributed by atoms with Gasteiger partial charge in [0.1, 0.15) is 5.75 Å². The van der Waals surface area contributed by atoms with E-state index < -0.39 is 0 Å². The van der Waals surface area contributed by atoms with E-state index in [9.17, 15) is 4.79 Å². The Labute approximate surface area is 146 Å². The van der Waals surface area contributed by atoms with Crippen LogP contribution in [-0.2, 0) is 11.5 Å². The second-order valence-corrected chi connectivity index (χ2v) is 6.26. The Morgan fingerprint density at radius 3 is 2.67 bits per heavy atom. The summed E-state index contributed by atoms with van der Waals surface area (Å²) in [7, 11) is 3.52. The molecule has 1 atom stereocenters. The highest BCUT2D eigenvalue weighted by Crippen LogP contribution is 2.20. The summed E-state index contributed by atoms with van der Waals surface area (Å²) in [6, 6.07) is 7.51. The second-order valence-electron chi connectivity index (χ2n) is 5.92. The third kappa shape index (κ3) is 4.90. The van der Waals surface area contributed by atoms with E-state index in [-0.39, 0.29) is 16.8 Å². The van der Waals surface area contributed by atoms with Crippen LogP contribution in [0.3, 0.4) is 0 Å². The van der Waals surface area contributed by atoms with Crippen molar-refractivity contribution in [2.45, 2.75) is 26.6 Å². The molecule has 0 fully saturated rings. The van der Waals surface area contributed by atoms with E-state index in [1.54, 1.807) is 11.8 Å². The summed E-state index contributed by atoms with van der Waals surface area (Å²) in [5.74, 6) is 1.20. The second kappa shape index (κ2) is 8.07. The number of hydrogen-bond donors (Lipinski definition) is 2. The van der Waals surface area contributed by atoms with Gasteiger partial charge in [-0.25, -0.2) is 0 Å². The predicted molar refractivity (Wildman–Crippen MR) is 92.3 cm³/mol. The molecule has 0 radical (unpaired) electrons. The van der Waals surface area contributed by atoms with Crippen LogP contribution in [0.25, 0.3) is 11.5 Å². The number of rotatable bonds is 7. The van der Waals surface area contributed by atoms with Gasteiger partial charge in [0, 0.05) is 11.6 Å². The average molecular weight is 351 g/mol. The van der Waals surface area contributed by atoms with Crippen molar-refractivity contribution in [3.63, 3.8) is 0 Å². The average Bonchev–Trinajstić information content (AvgIpc) is 2.87. The van der Waals surface area contributed by atoms with E-state index in [0.717, 1.165) is 16.2 Å². The molecule has 0 spiro atoms. The minimum atomic E-state index is -0.00658. The van der Waals surface area contributed by atoms with Crippen molar-refractivity contribution in [1.29, 1.82) is 0 Å². The van der Waals surface area contributed by atoms with Crippen molar-refractivity contribution >= 4 is 18.1 Å². The summed E-state index contributed by atoms with van der Waals surface area (Å²) in [6.07, 6.45) is 0. The molecular formula is C16H23N4O3S+. The Morgan fingerprint density at radius 2 is 2.08 bits per heavy atom. The molecule has 8 heteroatoms. The maximum absolute atomic E-state index is 11.8. The highest BCUT2D eigenvalue weighted by molar-refractivity contribution is 7.71. The van der Waals surface area contributed by atoms with Gasteiger partial charge in [-0.1, -0.05) is 0 Å². The van der Waals surface area contributed by atoms with Gasteiger partial charge in [0.2, 0.25) is 5.89 Å². The van der Waals surface area contributed by atoms with Gasteiger partial charge in [-0.2, -0.15) is 4.68 Å². The van der Waals surface area contributed by atoms with Crippen LogP contribution in [0, 0.1) is 4.84 Å². The number of hydrogen-bond acceptors (Lipinski definition) is 5. The topological polar surface area (TPSA) is 73.7 Å². The molecule has 1 amide bonds. The van der Waals surface area contributed by atoms with E-state index in [1.165, 1.54) is 0 Å². The summed E-state index contributed by atoms with van der Waals surface area (Å²) in [6.45, 7) is 4.65. The molecule has 1 aromatic carbocycles. The Morgan fingerprint density at radius 1 is 1.42 bits per heavy atom. The number of quaternary nitrogens is 1. The van der Waals surface area contributed by atoms with Crippen molar-refractivity contribution in [3.05, 3.63) is 29.1 Å². The highest BCUT2D eigenvalue weighted by atomic mass is 32.1. The van der Waals surface area contributed by atoms with Gasteiger partial charge in [-0.3, -0.25) is 4.79 Å². The zero-order chi connectivity index (χ0) is 17.7. The van der Waals surface area contributed by atoms with Gasteiger partial charge in [-0.15, -0.1) is 5.10 Å². The molecule has 0 saturated heterocycles. The zero-order valence-electron chi connectivity index (χ0n) is 14.3. The number of benzene rings is 1. The SMILES string of the molecule is COc1ccc(-c2nn(C[NH+](C)CC(=O)NC(C)C)c(=S)o2)cc1. The van der Waals surface area contributed by atoms with Crippen molar-refractivity contribution < 1.29 is 18.8 Å². The van der Waals surface area contributed by atoms with Crippen LogP contribution < -0.4 is 15.0 Å². The fourth-order valence-corrected chi connectivity index (χ4v) is 2.40. The van der Waals surface area contributed by atoms with Crippen LogP contribution in [0.1, 0.15) is 13.8 Å². The van der Waals surface area contributed by atoms with Gasteiger partial charge in [0.15, 0.2) is 13.2 Å². The maximum Gasteiger partial charge on any atom is 0.292 e. The summed E-state index contributed by atoms with van der Waals surface area (Å²) in [5, 5.41) is 7.26. The zero-order valence-corrected chi connectivity index (χ0v) is 15.1. The smallest absolute Gasteiger partial charge is 0.292 e. The molecule has 130 valence electrons. The number of ether oxygens (including phenoxy) is 1. The molecule has 1 unspecified atom stereocenters. The third-order valence-corrected chi connectivity index (χ3v) is 3.57. The van der Waals surface area contributed by atoms with Gasteiger partial charge in [0.05, 0.1) is 14.2 Å². The first-order valence-electron chi connectivity index (χ1n) is 7.72. The van der Waals surface area contributed by atoms with Gasteiger partial charge in [-0.05, 0) is 50.3 Å². The normalized spacial score (nSPS) is 12.2. The molecule has 2 rings (SSSR count). The Balaban J connectivity index is 2.05. The van der Waals surface area contributed by atoms with Crippen LogP contribution in [0.2, 0.25) is 0 Å². The number of carbonyl (C=O) groups is 1. The first kappa shape index (κ1) is 18.2. The standard InChI is InChI=1S/C16H22N4O3S/c1-11(2)17-14(21)9-19(3)10-20-16(24)23-15(18-20)12-5-7-13(22-4)8-6-12/h5-8,11H,9-10H2,1-4H3,(H,17,21)/p+1. The van der Waals surface area contributed by atoms with E-state index in [1.807, 2.05) is 45.2 Å². The Hall–Kier alpha value is -2.19. The number of methoxy groups -OCH3 is 1. The van der Waals surface area contributed by atoms with Gasteiger partial charge < -0.3 is 19.4 Å². The van der Waals surface area contributed by atoms with E-state index in [2.05, 4.69) is 10.4 Å². The van der Waals surface area contributed by atoms with Crippen molar-refractivity contribution in [2.24, 2.45) is 0 Å². The summed E-state index contributed by atoms with van der Waals surface area (Å²) >= 11 is 5.22. The lowest BCUT2D eigenvalue weighted by Crippen LogP contribution is -3.09. The molecule has 7 nitrogen and oxygen atoms in total. The van der Waals surface area contributed by atoms with E-state index in [4.69, 9.17) is 21.4 Å². The number of amides is 1. The lowest BCUT2D eigenvalue weighted by Gasteiger charge is -2.14. The number of aromatic nitrogens is 2. The molecule has 1 aromatic heterocycles. The monoisotopic (exact) mass is 351 g/mol. The molecule has 2 N–H and O–H groups in total. The lowest BCUT2D eigenvalue weighted by atomic mass is 10.2. The predicted octanol–water partition coefficient (Wildman–Crippen LogP) is 0.878. The van der Waals surface area contributed by atoms with E-state index in [0.29, 0.717) is 19.1 Å². The minimum absolute atomic E-state index is 0.00658. The van der Waals surface area contributed by atoms with Crippen LogP contribution in [0.5, 0.6) is 5.75 Å². The summed E-state index contributed by atoms with van der Waals surface area (Å²) in [5.41, 5.74) is 0.816. The fraction of sp³-hybridized carbons (Fsp3) is 0.438. The van der Waals surface area contributed by atoms with E-state index >= 15 is 0 Å². The van der Waals surface area contributed by atoms with Crippen LogP contribution in [0.15, 0.2) is 28.7 Å². The molecule has 0 aliphatic carbocycles. The fourth-order valence-electron chi connectivity index (χ4n) is 2.22. The first-order valence-corrected chi connectivity index (χ1v) is 8.13. The van der Waals surface area contributed by atoms with Crippen molar-refractivity contribution in [2.75, 3.05) is 20.7 Å². The number of nitrogens with one attached hydrogen (secondary N) is 2. The van der Waals surface area contributed by atoms with Crippen LogP contribution in [0.4, 0.5) is 0 Å². The number of likely N-dealkylation sites (N-methyl/N-ethyl adjacent to an activating group) is 1. The van der Waals surface area contributed by atoms with Crippen LogP contribution >= 0.6 is 12.2 Å². The molecular weight excluding hydrogens is 328 g/mol. The van der Waals surface area contributed by atoms with Gasteiger partial charge in [0.25, 0.3) is 10.7 Å². The molecule has 0 bridgehead atoms. The van der Waals surface area contributed by atoms with Gasteiger partial charge >= 0.3 is 0 Å². The van der Waals surface area contributed by atoms with Crippen LogP contribution in [-0.4, -0.2) is 42.4 Å². The molecule has 0 aliphatic heterocycles. The van der Waals surface area contributed by atoms with Crippen molar-refractivity contribution in [1.82, 2.24) is 15.1 Å². The molecule has 0 aliphatic rings. The molecule has 1 heterocycles. The first-order chi connectivity index (χ1) is 11.4.